The number of benzene rings is 1. The van der Waals surface area contributed by atoms with Crippen molar-refractivity contribution in [2.75, 3.05) is 6.54 Å². The molecule has 1 fully saturated rings. The molecule has 1 aromatic rings. The van der Waals surface area contributed by atoms with Crippen molar-refractivity contribution in [1.82, 2.24) is 4.31 Å². The number of carbonyl (C=O) groups excluding carboxylic acids is 1. The Kier molecular flexibility index (Phi) is 3.98. The van der Waals surface area contributed by atoms with Gasteiger partial charge in [-0.05, 0) is 53.4 Å². The first-order valence-corrected chi connectivity index (χ1v) is 8.14. The third kappa shape index (κ3) is 2.68. The number of nitrogens with zero attached hydrogens (tertiary/aromatic N) is 1. The minimum absolute atomic E-state index is 0.172. The third-order valence-corrected chi connectivity index (χ3v) is 6.09. The van der Waals surface area contributed by atoms with Gasteiger partial charge in [0.25, 0.3) is 0 Å². The van der Waals surface area contributed by atoms with Crippen molar-refractivity contribution in [1.29, 1.82) is 0 Å². The van der Waals surface area contributed by atoms with Gasteiger partial charge in [0.2, 0.25) is 15.9 Å². The van der Waals surface area contributed by atoms with Crippen LogP contribution in [0, 0.1) is 6.92 Å². The highest BCUT2D eigenvalue weighted by Gasteiger charge is 2.39. The lowest BCUT2D eigenvalue weighted by atomic mass is 10.2. The lowest BCUT2D eigenvalue weighted by Gasteiger charge is -2.22. The van der Waals surface area contributed by atoms with E-state index in [1.54, 1.807) is 18.2 Å². The summed E-state index contributed by atoms with van der Waals surface area (Å²) in [5.41, 5.74) is 6.23. The van der Waals surface area contributed by atoms with Crippen LogP contribution in [0.25, 0.3) is 0 Å². The van der Waals surface area contributed by atoms with E-state index >= 15 is 0 Å². The van der Waals surface area contributed by atoms with Gasteiger partial charge >= 0.3 is 0 Å². The van der Waals surface area contributed by atoms with E-state index in [9.17, 15) is 13.2 Å². The van der Waals surface area contributed by atoms with Gasteiger partial charge in [-0.2, -0.15) is 4.31 Å². The lowest BCUT2D eigenvalue weighted by molar-refractivity contribution is -0.121. The Labute approximate surface area is 121 Å². The number of hydrogen-bond donors (Lipinski definition) is 1. The fourth-order valence-electron chi connectivity index (χ4n) is 2.25. The first-order chi connectivity index (χ1) is 8.84. The zero-order valence-corrected chi connectivity index (χ0v) is 12.9. The molecule has 104 valence electrons. The molecule has 0 radical (unpaired) electrons. The van der Waals surface area contributed by atoms with Gasteiger partial charge in [-0.25, -0.2) is 8.42 Å². The van der Waals surface area contributed by atoms with Gasteiger partial charge < -0.3 is 5.73 Å². The summed E-state index contributed by atoms with van der Waals surface area (Å²) >= 11 is 3.26. The van der Waals surface area contributed by atoms with E-state index in [0.717, 1.165) is 5.56 Å². The number of carbonyl (C=O) groups is 1. The van der Waals surface area contributed by atoms with Crippen LogP contribution in [0.5, 0.6) is 0 Å². The molecule has 1 aromatic carbocycles. The van der Waals surface area contributed by atoms with Crippen LogP contribution in [0.3, 0.4) is 0 Å². The van der Waals surface area contributed by atoms with Gasteiger partial charge in [-0.15, -0.1) is 0 Å². The highest BCUT2D eigenvalue weighted by molar-refractivity contribution is 9.10. The Hall–Kier alpha value is -0.920. The fourth-order valence-corrected chi connectivity index (χ4v) is 5.07. The van der Waals surface area contributed by atoms with Gasteiger partial charge in [0.05, 0.1) is 4.90 Å². The molecule has 1 aliphatic rings. The van der Waals surface area contributed by atoms with Crippen LogP contribution in [0.1, 0.15) is 18.4 Å². The first kappa shape index (κ1) is 14.5. The predicted molar refractivity (Wildman–Crippen MR) is 75.0 cm³/mol. The second-order valence-corrected chi connectivity index (χ2v) is 7.32. The van der Waals surface area contributed by atoms with Gasteiger partial charge in [-0.1, -0.05) is 6.07 Å². The maximum absolute atomic E-state index is 12.6. The van der Waals surface area contributed by atoms with Gasteiger partial charge in [0.15, 0.2) is 0 Å². The molecule has 2 N–H and O–H groups in total. The van der Waals surface area contributed by atoms with E-state index in [0.29, 0.717) is 23.9 Å². The second kappa shape index (κ2) is 5.22. The molecule has 7 heteroatoms. The smallest absolute Gasteiger partial charge is 0.244 e. The highest BCUT2D eigenvalue weighted by Crippen LogP contribution is 2.30. The molecule has 1 heterocycles. The standard InChI is InChI=1S/C12H15BrN2O3S/c1-8-4-5-11(9(13)7-8)19(17,18)15-6-2-3-10(15)12(14)16/h4-5,7,10H,2-3,6H2,1H3,(H2,14,16)/t10-/m1/s1. The first-order valence-electron chi connectivity index (χ1n) is 5.91. The Morgan fingerprint density at radius 1 is 1.47 bits per heavy atom. The van der Waals surface area contributed by atoms with Crippen LogP contribution >= 0.6 is 15.9 Å². The molecule has 1 atom stereocenters. The second-order valence-electron chi connectivity index (χ2n) is 4.61. The Balaban J connectivity index is 2.45. The normalized spacial score (nSPS) is 20.6. The number of hydrogen-bond acceptors (Lipinski definition) is 3. The molecule has 0 bridgehead atoms. The summed E-state index contributed by atoms with van der Waals surface area (Å²) in [6.45, 7) is 2.21. The van der Waals surface area contributed by atoms with E-state index in [4.69, 9.17) is 5.73 Å². The van der Waals surface area contributed by atoms with E-state index in [1.807, 2.05) is 6.92 Å². The van der Waals surface area contributed by atoms with Crippen molar-refractivity contribution in [2.24, 2.45) is 5.73 Å². The van der Waals surface area contributed by atoms with Crippen molar-refractivity contribution < 1.29 is 13.2 Å². The van der Waals surface area contributed by atoms with Crippen LogP contribution in [-0.2, 0) is 14.8 Å². The molecule has 0 unspecified atom stereocenters. The lowest BCUT2D eigenvalue weighted by Crippen LogP contribution is -2.43. The van der Waals surface area contributed by atoms with Gasteiger partial charge in [-0.3, -0.25) is 4.79 Å². The number of primary amides is 1. The van der Waals surface area contributed by atoms with Crippen LogP contribution < -0.4 is 5.73 Å². The highest BCUT2D eigenvalue weighted by atomic mass is 79.9. The molecule has 0 aliphatic carbocycles. The van der Waals surface area contributed by atoms with Crippen LogP contribution in [-0.4, -0.2) is 31.2 Å². The van der Waals surface area contributed by atoms with Crippen LogP contribution in [0.2, 0.25) is 0 Å². The van der Waals surface area contributed by atoms with E-state index in [2.05, 4.69) is 15.9 Å². The molecule has 0 saturated carbocycles. The molecule has 19 heavy (non-hydrogen) atoms. The molecule has 5 nitrogen and oxygen atoms in total. The summed E-state index contributed by atoms with van der Waals surface area (Å²) in [4.78, 5) is 11.5. The van der Waals surface area contributed by atoms with Crippen molar-refractivity contribution in [2.45, 2.75) is 30.7 Å². The molecular weight excluding hydrogens is 332 g/mol. The van der Waals surface area contributed by atoms with E-state index in [-0.39, 0.29) is 4.90 Å². The largest absolute Gasteiger partial charge is 0.368 e. The molecule has 0 spiro atoms. The zero-order chi connectivity index (χ0) is 14.2. The number of aryl methyl sites for hydroxylation is 1. The number of nitrogens with two attached hydrogens (primary N) is 1. The Bertz CT molecular complexity index is 615. The Morgan fingerprint density at radius 3 is 2.74 bits per heavy atom. The van der Waals surface area contributed by atoms with Crippen LogP contribution in [0.4, 0.5) is 0 Å². The summed E-state index contributed by atoms with van der Waals surface area (Å²) in [7, 11) is -3.69. The topological polar surface area (TPSA) is 80.5 Å². The summed E-state index contributed by atoms with van der Waals surface area (Å²) < 4.78 is 26.8. The van der Waals surface area contributed by atoms with Crippen molar-refractivity contribution >= 4 is 31.9 Å². The van der Waals surface area contributed by atoms with Crippen molar-refractivity contribution in [3.05, 3.63) is 28.2 Å². The summed E-state index contributed by atoms with van der Waals surface area (Å²) in [5.74, 6) is -0.593. The monoisotopic (exact) mass is 346 g/mol. The molecule has 1 aliphatic heterocycles. The molecule has 1 amide bonds. The molecular formula is C12H15BrN2O3S. The van der Waals surface area contributed by atoms with Crippen molar-refractivity contribution in [3.63, 3.8) is 0 Å². The maximum atomic E-state index is 12.6. The average Bonchev–Trinajstić information content (AvgIpc) is 2.77. The average molecular weight is 347 g/mol. The quantitative estimate of drug-likeness (QED) is 0.897. The van der Waals surface area contributed by atoms with Gasteiger partial charge in [0, 0.05) is 11.0 Å². The third-order valence-electron chi connectivity index (χ3n) is 3.21. The zero-order valence-electron chi connectivity index (χ0n) is 10.5. The van der Waals surface area contributed by atoms with E-state index in [1.165, 1.54) is 4.31 Å². The summed E-state index contributed by atoms with van der Waals surface area (Å²) in [6, 6.07) is 4.28. The SMILES string of the molecule is Cc1ccc(S(=O)(=O)N2CCC[C@@H]2C(N)=O)c(Br)c1. The van der Waals surface area contributed by atoms with Crippen molar-refractivity contribution in [3.8, 4) is 0 Å². The Morgan fingerprint density at radius 2 is 2.16 bits per heavy atom. The fraction of sp³-hybridized carbons (Fsp3) is 0.417. The number of amides is 1. The number of halogens is 1. The van der Waals surface area contributed by atoms with Gasteiger partial charge in [0.1, 0.15) is 6.04 Å². The minimum atomic E-state index is -3.69. The molecule has 2 rings (SSSR count). The summed E-state index contributed by atoms with van der Waals surface area (Å²) in [5, 5.41) is 0. The maximum Gasteiger partial charge on any atom is 0.244 e. The minimum Gasteiger partial charge on any atom is -0.368 e. The number of rotatable bonds is 3. The number of sulfonamides is 1. The van der Waals surface area contributed by atoms with E-state index < -0.39 is 22.0 Å². The molecule has 1 saturated heterocycles. The molecule has 0 aromatic heterocycles. The predicted octanol–water partition coefficient (Wildman–Crippen LogP) is 1.40. The summed E-state index contributed by atoms with van der Waals surface area (Å²) in [6.07, 6.45) is 1.13. The van der Waals surface area contributed by atoms with Crippen LogP contribution in [0.15, 0.2) is 27.6 Å².